The van der Waals surface area contributed by atoms with Gasteiger partial charge >= 0.3 is 0 Å². The first-order chi connectivity index (χ1) is 6.80. The van der Waals surface area contributed by atoms with Crippen LogP contribution in [0.25, 0.3) is 0 Å². The minimum atomic E-state index is 0.418. The van der Waals surface area contributed by atoms with Crippen LogP contribution in [0.1, 0.15) is 58.8 Å². The molecule has 0 aromatic heterocycles. The normalized spacial score (nSPS) is 27.4. The summed E-state index contributed by atoms with van der Waals surface area (Å²) in [6.07, 6.45) is 9.42. The molecule has 0 amide bonds. The third kappa shape index (κ3) is 3.61. The van der Waals surface area contributed by atoms with E-state index in [1.807, 2.05) is 0 Å². The predicted octanol–water partition coefficient (Wildman–Crippen LogP) is 3.61. The summed E-state index contributed by atoms with van der Waals surface area (Å²) >= 11 is 0. The van der Waals surface area contributed by atoms with Gasteiger partial charge in [-0.05, 0) is 30.6 Å². The monoisotopic (exact) mass is 198 g/mol. The van der Waals surface area contributed by atoms with Gasteiger partial charge in [-0.2, -0.15) is 0 Å². The summed E-state index contributed by atoms with van der Waals surface area (Å²) in [5, 5.41) is 9.05. The SMILES string of the molecule is CCC(CC)CC[C@H]1CC[C@H](CO)C1. The molecule has 1 saturated carbocycles. The van der Waals surface area contributed by atoms with Crippen molar-refractivity contribution < 1.29 is 5.11 Å². The van der Waals surface area contributed by atoms with Gasteiger partial charge < -0.3 is 5.11 Å². The molecule has 1 aliphatic rings. The first-order valence-corrected chi connectivity index (χ1v) is 6.40. The molecule has 0 spiro atoms. The number of hydrogen-bond acceptors (Lipinski definition) is 1. The van der Waals surface area contributed by atoms with E-state index in [0.717, 1.165) is 11.8 Å². The molecule has 1 aliphatic carbocycles. The fourth-order valence-electron chi connectivity index (χ4n) is 2.77. The van der Waals surface area contributed by atoms with Gasteiger partial charge in [0, 0.05) is 6.61 Å². The molecular formula is C13H26O. The van der Waals surface area contributed by atoms with Gasteiger partial charge in [0.05, 0.1) is 0 Å². The van der Waals surface area contributed by atoms with E-state index in [1.165, 1.54) is 44.9 Å². The van der Waals surface area contributed by atoms with Crippen molar-refractivity contribution in [2.45, 2.75) is 58.8 Å². The minimum Gasteiger partial charge on any atom is -0.396 e. The van der Waals surface area contributed by atoms with Gasteiger partial charge in [0.1, 0.15) is 0 Å². The number of rotatable bonds is 6. The molecule has 84 valence electrons. The van der Waals surface area contributed by atoms with E-state index in [0.29, 0.717) is 12.5 Å². The summed E-state index contributed by atoms with van der Waals surface area (Å²) in [5.74, 6) is 2.50. The first kappa shape index (κ1) is 12.0. The highest BCUT2D eigenvalue weighted by Gasteiger charge is 2.23. The fraction of sp³-hybridized carbons (Fsp3) is 1.00. The summed E-state index contributed by atoms with van der Waals surface area (Å²) < 4.78 is 0. The summed E-state index contributed by atoms with van der Waals surface area (Å²) in [6, 6.07) is 0. The second-order valence-corrected chi connectivity index (χ2v) is 4.99. The molecule has 14 heavy (non-hydrogen) atoms. The number of hydrogen-bond donors (Lipinski definition) is 1. The van der Waals surface area contributed by atoms with Crippen molar-refractivity contribution in [2.24, 2.45) is 17.8 Å². The van der Waals surface area contributed by atoms with Crippen molar-refractivity contribution in [2.75, 3.05) is 6.61 Å². The molecule has 0 saturated heterocycles. The van der Waals surface area contributed by atoms with Crippen molar-refractivity contribution >= 4 is 0 Å². The van der Waals surface area contributed by atoms with Crippen LogP contribution in [0.5, 0.6) is 0 Å². The van der Waals surface area contributed by atoms with Crippen molar-refractivity contribution in [3.05, 3.63) is 0 Å². The smallest absolute Gasteiger partial charge is 0.0459 e. The van der Waals surface area contributed by atoms with Crippen LogP contribution in [0.15, 0.2) is 0 Å². The Hall–Kier alpha value is -0.0400. The molecule has 2 atom stereocenters. The summed E-state index contributed by atoms with van der Waals surface area (Å²) in [6.45, 7) is 5.03. The zero-order valence-corrected chi connectivity index (χ0v) is 9.84. The van der Waals surface area contributed by atoms with Gasteiger partial charge in [-0.25, -0.2) is 0 Å². The van der Waals surface area contributed by atoms with Crippen LogP contribution in [0.3, 0.4) is 0 Å². The van der Waals surface area contributed by atoms with E-state index in [9.17, 15) is 0 Å². The van der Waals surface area contributed by atoms with Crippen LogP contribution in [-0.2, 0) is 0 Å². The Morgan fingerprint density at radius 1 is 1.14 bits per heavy atom. The number of aliphatic hydroxyl groups is 1. The van der Waals surface area contributed by atoms with Crippen molar-refractivity contribution in [1.82, 2.24) is 0 Å². The maximum Gasteiger partial charge on any atom is 0.0459 e. The van der Waals surface area contributed by atoms with Crippen LogP contribution in [0.2, 0.25) is 0 Å². The second kappa shape index (κ2) is 6.44. The van der Waals surface area contributed by atoms with Crippen molar-refractivity contribution in [1.29, 1.82) is 0 Å². The van der Waals surface area contributed by atoms with Gasteiger partial charge in [-0.15, -0.1) is 0 Å². The van der Waals surface area contributed by atoms with Gasteiger partial charge in [0.2, 0.25) is 0 Å². The number of aliphatic hydroxyl groups excluding tert-OH is 1. The molecule has 1 N–H and O–H groups in total. The van der Waals surface area contributed by atoms with E-state index >= 15 is 0 Å². The molecule has 0 heterocycles. The molecule has 0 aromatic rings. The zero-order chi connectivity index (χ0) is 10.4. The van der Waals surface area contributed by atoms with E-state index < -0.39 is 0 Å². The highest BCUT2D eigenvalue weighted by Crippen LogP contribution is 2.34. The Balaban J connectivity index is 2.13. The summed E-state index contributed by atoms with van der Waals surface area (Å²) in [5.41, 5.74) is 0. The molecular weight excluding hydrogens is 172 g/mol. The Morgan fingerprint density at radius 3 is 2.29 bits per heavy atom. The van der Waals surface area contributed by atoms with E-state index in [2.05, 4.69) is 13.8 Å². The topological polar surface area (TPSA) is 20.2 Å². The van der Waals surface area contributed by atoms with Gasteiger partial charge in [-0.3, -0.25) is 0 Å². The largest absolute Gasteiger partial charge is 0.396 e. The van der Waals surface area contributed by atoms with Crippen molar-refractivity contribution in [3.8, 4) is 0 Å². The van der Waals surface area contributed by atoms with E-state index in [-0.39, 0.29) is 0 Å². The lowest BCUT2D eigenvalue weighted by molar-refractivity contribution is 0.224. The fourth-order valence-corrected chi connectivity index (χ4v) is 2.77. The Labute approximate surface area is 88.9 Å². The highest BCUT2D eigenvalue weighted by molar-refractivity contribution is 4.75. The Kier molecular flexibility index (Phi) is 5.54. The molecule has 1 nitrogen and oxygen atoms in total. The standard InChI is InChI=1S/C13H26O/c1-3-11(4-2)5-6-12-7-8-13(9-12)10-14/h11-14H,3-10H2,1-2H3/t12-,13-/m0/s1. The summed E-state index contributed by atoms with van der Waals surface area (Å²) in [7, 11) is 0. The van der Waals surface area contributed by atoms with Gasteiger partial charge in [0.15, 0.2) is 0 Å². The molecule has 0 bridgehead atoms. The molecule has 0 aliphatic heterocycles. The molecule has 0 unspecified atom stereocenters. The van der Waals surface area contributed by atoms with Gasteiger partial charge in [0.25, 0.3) is 0 Å². The van der Waals surface area contributed by atoms with E-state index in [1.54, 1.807) is 0 Å². The van der Waals surface area contributed by atoms with Crippen LogP contribution >= 0.6 is 0 Å². The molecule has 1 fully saturated rings. The molecule has 0 aromatic carbocycles. The third-order valence-corrected chi connectivity index (χ3v) is 4.05. The van der Waals surface area contributed by atoms with E-state index in [4.69, 9.17) is 5.11 Å². The van der Waals surface area contributed by atoms with Crippen LogP contribution in [-0.4, -0.2) is 11.7 Å². The maximum atomic E-state index is 9.05. The Morgan fingerprint density at radius 2 is 1.79 bits per heavy atom. The third-order valence-electron chi connectivity index (χ3n) is 4.05. The second-order valence-electron chi connectivity index (χ2n) is 4.99. The first-order valence-electron chi connectivity index (χ1n) is 6.40. The average Bonchev–Trinajstić information content (AvgIpc) is 2.67. The minimum absolute atomic E-state index is 0.418. The Bertz CT molecular complexity index is 140. The van der Waals surface area contributed by atoms with Crippen LogP contribution in [0.4, 0.5) is 0 Å². The lowest BCUT2D eigenvalue weighted by atomic mass is 9.91. The predicted molar refractivity (Wildman–Crippen MR) is 61.2 cm³/mol. The average molecular weight is 198 g/mol. The van der Waals surface area contributed by atoms with Crippen LogP contribution in [0, 0.1) is 17.8 Å². The zero-order valence-electron chi connectivity index (χ0n) is 9.84. The maximum absolute atomic E-state index is 9.05. The molecule has 0 radical (unpaired) electrons. The quantitative estimate of drug-likeness (QED) is 0.691. The highest BCUT2D eigenvalue weighted by atomic mass is 16.3. The summed E-state index contributed by atoms with van der Waals surface area (Å²) in [4.78, 5) is 0. The van der Waals surface area contributed by atoms with Crippen molar-refractivity contribution in [3.63, 3.8) is 0 Å². The van der Waals surface area contributed by atoms with Gasteiger partial charge in [-0.1, -0.05) is 46.0 Å². The molecule has 1 heteroatoms. The lowest BCUT2D eigenvalue weighted by Crippen LogP contribution is -2.04. The van der Waals surface area contributed by atoms with Crippen LogP contribution < -0.4 is 0 Å². The lowest BCUT2D eigenvalue weighted by Gasteiger charge is -2.15. The molecule has 1 rings (SSSR count).